The molecule has 0 bridgehead atoms. The van der Waals surface area contributed by atoms with Gasteiger partial charge < -0.3 is 10.0 Å². The standard InChI is InChI=1S/C12H24N2O2S/c1-4-11(9-15)13-5-7-14(8-6-13)12(16)10(2)17-3/h10-11,15H,4-9H2,1-3H3. The van der Waals surface area contributed by atoms with Gasteiger partial charge in [-0.05, 0) is 19.6 Å². The van der Waals surface area contributed by atoms with E-state index in [0.717, 1.165) is 32.6 Å². The van der Waals surface area contributed by atoms with E-state index in [1.165, 1.54) is 0 Å². The van der Waals surface area contributed by atoms with Crippen molar-refractivity contribution in [2.75, 3.05) is 39.0 Å². The van der Waals surface area contributed by atoms with Crippen LogP contribution in [0.5, 0.6) is 0 Å². The normalized spacial score (nSPS) is 21.3. The fourth-order valence-corrected chi connectivity index (χ4v) is 2.52. The van der Waals surface area contributed by atoms with Crippen molar-refractivity contribution in [1.82, 2.24) is 9.80 Å². The molecule has 5 heteroatoms. The highest BCUT2D eigenvalue weighted by Crippen LogP contribution is 2.13. The van der Waals surface area contributed by atoms with E-state index >= 15 is 0 Å². The van der Waals surface area contributed by atoms with Gasteiger partial charge in [0.25, 0.3) is 0 Å². The third kappa shape index (κ3) is 3.86. The Balaban J connectivity index is 2.42. The molecule has 17 heavy (non-hydrogen) atoms. The first-order valence-electron chi connectivity index (χ1n) is 6.30. The molecule has 0 saturated carbocycles. The molecule has 0 radical (unpaired) electrons. The molecule has 1 aliphatic rings. The van der Waals surface area contributed by atoms with Crippen molar-refractivity contribution in [2.45, 2.75) is 31.6 Å². The molecule has 1 rings (SSSR count). The van der Waals surface area contributed by atoms with Crippen LogP contribution >= 0.6 is 11.8 Å². The Bertz CT molecular complexity index is 239. The molecule has 0 spiro atoms. The maximum atomic E-state index is 12.0. The summed E-state index contributed by atoms with van der Waals surface area (Å²) in [6.45, 7) is 7.61. The second-order valence-corrected chi connectivity index (χ2v) is 5.66. The first-order chi connectivity index (χ1) is 8.13. The summed E-state index contributed by atoms with van der Waals surface area (Å²) >= 11 is 1.60. The lowest BCUT2D eigenvalue weighted by Gasteiger charge is -2.39. The summed E-state index contributed by atoms with van der Waals surface area (Å²) in [7, 11) is 0. The van der Waals surface area contributed by atoms with Crippen LogP contribution in [0.15, 0.2) is 0 Å². The number of nitrogens with zero attached hydrogens (tertiary/aromatic N) is 2. The summed E-state index contributed by atoms with van der Waals surface area (Å²) in [5.41, 5.74) is 0. The van der Waals surface area contributed by atoms with Gasteiger partial charge in [0.1, 0.15) is 0 Å². The third-order valence-corrected chi connectivity index (χ3v) is 4.43. The zero-order chi connectivity index (χ0) is 12.8. The van der Waals surface area contributed by atoms with E-state index in [-0.39, 0.29) is 23.8 Å². The Morgan fingerprint density at radius 2 is 1.94 bits per heavy atom. The van der Waals surface area contributed by atoms with Crippen LogP contribution in [0.1, 0.15) is 20.3 Å². The summed E-state index contributed by atoms with van der Waals surface area (Å²) in [4.78, 5) is 16.2. The Morgan fingerprint density at radius 1 is 1.35 bits per heavy atom. The Morgan fingerprint density at radius 3 is 2.35 bits per heavy atom. The highest BCUT2D eigenvalue weighted by Gasteiger charge is 2.26. The van der Waals surface area contributed by atoms with Gasteiger partial charge in [-0.1, -0.05) is 6.92 Å². The van der Waals surface area contributed by atoms with E-state index in [1.807, 2.05) is 18.1 Å². The molecule has 1 saturated heterocycles. The second kappa shape index (κ2) is 7.24. The lowest BCUT2D eigenvalue weighted by molar-refractivity contribution is -0.132. The quantitative estimate of drug-likeness (QED) is 0.788. The minimum atomic E-state index is 0.0568. The van der Waals surface area contributed by atoms with Crippen molar-refractivity contribution >= 4 is 17.7 Å². The lowest BCUT2D eigenvalue weighted by Crippen LogP contribution is -2.54. The third-order valence-electron chi connectivity index (χ3n) is 3.53. The predicted molar refractivity (Wildman–Crippen MR) is 72.3 cm³/mol. The van der Waals surface area contributed by atoms with E-state index in [2.05, 4.69) is 11.8 Å². The summed E-state index contributed by atoms with van der Waals surface area (Å²) < 4.78 is 0. The molecule has 1 aliphatic heterocycles. The average Bonchev–Trinajstić information content (AvgIpc) is 2.39. The van der Waals surface area contributed by atoms with Crippen molar-refractivity contribution < 1.29 is 9.90 Å². The zero-order valence-corrected chi connectivity index (χ0v) is 11.9. The molecular formula is C12H24N2O2S. The molecule has 0 aromatic carbocycles. The van der Waals surface area contributed by atoms with E-state index < -0.39 is 0 Å². The molecule has 1 heterocycles. The number of carbonyl (C=O) groups excluding carboxylic acids is 1. The van der Waals surface area contributed by atoms with Crippen LogP contribution in [-0.2, 0) is 4.79 Å². The highest BCUT2D eigenvalue weighted by molar-refractivity contribution is 7.99. The molecule has 100 valence electrons. The van der Waals surface area contributed by atoms with Gasteiger partial charge in [0.15, 0.2) is 0 Å². The molecule has 0 aliphatic carbocycles. The van der Waals surface area contributed by atoms with E-state index in [0.29, 0.717) is 0 Å². The molecule has 1 fully saturated rings. The van der Waals surface area contributed by atoms with Crippen LogP contribution in [0.3, 0.4) is 0 Å². The van der Waals surface area contributed by atoms with Gasteiger partial charge >= 0.3 is 0 Å². The minimum absolute atomic E-state index is 0.0568. The van der Waals surface area contributed by atoms with Crippen LogP contribution in [0.2, 0.25) is 0 Å². The highest BCUT2D eigenvalue weighted by atomic mass is 32.2. The maximum absolute atomic E-state index is 12.0. The van der Waals surface area contributed by atoms with E-state index in [1.54, 1.807) is 11.8 Å². The van der Waals surface area contributed by atoms with Crippen LogP contribution < -0.4 is 0 Å². The largest absolute Gasteiger partial charge is 0.395 e. The monoisotopic (exact) mass is 260 g/mol. The zero-order valence-electron chi connectivity index (χ0n) is 11.1. The van der Waals surface area contributed by atoms with Gasteiger partial charge in [0, 0.05) is 32.2 Å². The van der Waals surface area contributed by atoms with Gasteiger partial charge in [-0.15, -0.1) is 0 Å². The average molecular weight is 260 g/mol. The number of hydrogen-bond donors (Lipinski definition) is 1. The van der Waals surface area contributed by atoms with Gasteiger partial charge in [-0.25, -0.2) is 0 Å². The van der Waals surface area contributed by atoms with Crippen molar-refractivity contribution in [1.29, 1.82) is 0 Å². The number of aliphatic hydroxyl groups is 1. The summed E-state index contributed by atoms with van der Waals surface area (Å²) in [5, 5.41) is 9.31. The first-order valence-corrected chi connectivity index (χ1v) is 7.59. The van der Waals surface area contributed by atoms with Crippen molar-refractivity contribution in [3.8, 4) is 0 Å². The smallest absolute Gasteiger partial charge is 0.235 e. The molecule has 4 nitrogen and oxygen atoms in total. The Hall–Kier alpha value is -0.260. The number of rotatable bonds is 5. The van der Waals surface area contributed by atoms with Crippen LogP contribution in [0.25, 0.3) is 0 Å². The number of amides is 1. The van der Waals surface area contributed by atoms with Gasteiger partial charge in [0.05, 0.1) is 11.9 Å². The molecular weight excluding hydrogens is 236 g/mol. The van der Waals surface area contributed by atoms with E-state index in [9.17, 15) is 9.90 Å². The Labute approximate surface area is 108 Å². The number of aliphatic hydroxyl groups excluding tert-OH is 1. The molecule has 0 aromatic heterocycles. The van der Waals surface area contributed by atoms with Crippen molar-refractivity contribution in [3.63, 3.8) is 0 Å². The number of thioether (sulfide) groups is 1. The van der Waals surface area contributed by atoms with Gasteiger partial charge in [-0.2, -0.15) is 11.8 Å². The molecule has 1 N–H and O–H groups in total. The van der Waals surface area contributed by atoms with Crippen molar-refractivity contribution in [3.05, 3.63) is 0 Å². The molecule has 2 unspecified atom stereocenters. The van der Waals surface area contributed by atoms with Gasteiger partial charge in [0.2, 0.25) is 5.91 Å². The molecule has 2 atom stereocenters. The van der Waals surface area contributed by atoms with Crippen LogP contribution in [-0.4, -0.2) is 71.1 Å². The SMILES string of the molecule is CCC(CO)N1CCN(C(=O)C(C)SC)CC1. The number of carbonyl (C=O) groups is 1. The van der Waals surface area contributed by atoms with E-state index in [4.69, 9.17) is 0 Å². The number of piperazine rings is 1. The molecule has 1 amide bonds. The van der Waals surface area contributed by atoms with Gasteiger partial charge in [-0.3, -0.25) is 9.69 Å². The van der Waals surface area contributed by atoms with Crippen LogP contribution in [0.4, 0.5) is 0 Å². The second-order valence-electron chi connectivity index (χ2n) is 4.48. The fraction of sp³-hybridized carbons (Fsp3) is 0.917. The van der Waals surface area contributed by atoms with Crippen molar-refractivity contribution in [2.24, 2.45) is 0 Å². The summed E-state index contributed by atoms with van der Waals surface area (Å²) in [5.74, 6) is 0.245. The number of hydrogen-bond acceptors (Lipinski definition) is 4. The Kier molecular flexibility index (Phi) is 6.30. The summed E-state index contributed by atoms with van der Waals surface area (Å²) in [6, 6.07) is 0.255. The predicted octanol–water partition coefficient (Wildman–Crippen LogP) is 0.653. The lowest BCUT2D eigenvalue weighted by atomic mass is 10.1. The fourth-order valence-electron chi connectivity index (χ4n) is 2.17. The topological polar surface area (TPSA) is 43.8 Å². The maximum Gasteiger partial charge on any atom is 0.235 e. The minimum Gasteiger partial charge on any atom is -0.395 e. The molecule has 0 aromatic rings. The summed E-state index contributed by atoms with van der Waals surface area (Å²) in [6.07, 6.45) is 2.93. The first kappa shape index (κ1) is 14.8. The van der Waals surface area contributed by atoms with Crippen LogP contribution in [0, 0.1) is 0 Å².